The maximum absolute atomic E-state index is 2.56. The fraction of sp³-hybridized carbons (Fsp3) is 0.444. The fourth-order valence-corrected chi connectivity index (χ4v) is 3.26. The van der Waals surface area contributed by atoms with E-state index in [0.717, 1.165) is 13.1 Å². The van der Waals surface area contributed by atoms with Gasteiger partial charge in [0.05, 0.1) is 0 Å². The summed E-state index contributed by atoms with van der Waals surface area (Å²) >= 11 is 0. The average Bonchev–Trinajstić information content (AvgIpc) is 2.83. The Morgan fingerprint density at radius 2 is 2.00 bits per heavy atom. The van der Waals surface area contributed by atoms with Crippen molar-refractivity contribution in [3.63, 3.8) is 0 Å². The number of fused-ring (bicyclic) bond motifs is 1. The normalized spacial score (nSPS) is 15.6. The molecule has 1 aromatic carbocycles. The third-order valence-electron chi connectivity index (χ3n) is 4.44. The lowest BCUT2D eigenvalue weighted by molar-refractivity contribution is 0.239. The molecule has 0 N–H and O–H groups in total. The quantitative estimate of drug-likeness (QED) is 0.824. The first kappa shape index (κ1) is 13.4. The van der Waals surface area contributed by atoms with Crippen LogP contribution in [0.3, 0.4) is 0 Å². The number of rotatable bonds is 3. The van der Waals surface area contributed by atoms with Gasteiger partial charge in [-0.15, -0.1) is 0 Å². The van der Waals surface area contributed by atoms with Gasteiger partial charge in [-0.3, -0.25) is 4.90 Å². The molecule has 0 unspecified atom stereocenters. The lowest BCUT2D eigenvalue weighted by atomic mass is 9.89. The van der Waals surface area contributed by atoms with Gasteiger partial charge in [-0.1, -0.05) is 32.0 Å². The molecule has 0 spiro atoms. The van der Waals surface area contributed by atoms with Gasteiger partial charge in [0.15, 0.2) is 0 Å². The molecule has 20 heavy (non-hydrogen) atoms. The van der Waals surface area contributed by atoms with Crippen LogP contribution in [0.1, 0.15) is 42.1 Å². The molecular formula is C18H24N2. The summed E-state index contributed by atoms with van der Waals surface area (Å²) in [5, 5.41) is 0. The SMILES string of the molecule is CC(C)c1cccc2c1CCN(Cc1cccn1C)C2. The Labute approximate surface area is 122 Å². The highest BCUT2D eigenvalue weighted by molar-refractivity contribution is 5.38. The summed E-state index contributed by atoms with van der Waals surface area (Å²) < 4.78 is 2.22. The molecule has 2 aromatic rings. The molecule has 1 aliphatic heterocycles. The van der Waals surface area contributed by atoms with E-state index in [4.69, 9.17) is 0 Å². The zero-order chi connectivity index (χ0) is 14.1. The first-order valence-electron chi connectivity index (χ1n) is 7.58. The smallest absolute Gasteiger partial charge is 0.0390 e. The lowest BCUT2D eigenvalue weighted by Gasteiger charge is -2.31. The summed E-state index contributed by atoms with van der Waals surface area (Å²) in [6.45, 7) is 7.90. The van der Waals surface area contributed by atoms with Crippen molar-refractivity contribution in [3.05, 3.63) is 58.9 Å². The Balaban J connectivity index is 1.79. The zero-order valence-corrected chi connectivity index (χ0v) is 12.8. The second kappa shape index (κ2) is 5.45. The molecule has 0 radical (unpaired) electrons. The van der Waals surface area contributed by atoms with Crippen LogP contribution in [0.25, 0.3) is 0 Å². The fourth-order valence-electron chi connectivity index (χ4n) is 3.26. The molecule has 0 atom stereocenters. The molecule has 0 bridgehead atoms. The summed E-state index contributed by atoms with van der Waals surface area (Å²) in [6.07, 6.45) is 3.32. The van der Waals surface area contributed by atoms with Crippen LogP contribution in [0.2, 0.25) is 0 Å². The van der Waals surface area contributed by atoms with E-state index in [9.17, 15) is 0 Å². The van der Waals surface area contributed by atoms with Crippen molar-refractivity contribution in [2.45, 2.75) is 39.3 Å². The van der Waals surface area contributed by atoms with Crippen LogP contribution in [0, 0.1) is 0 Å². The van der Waals surface area contributed by atoms with Crippen LogP contribution >= 0.6 is 0 Å². The molecule has 0 fully saturated rings. The Morgan fingerprint density at radius 1 is 1.15 bits per heavy atom. The molecule has 0 saturated carbocycles. The summed E-state index contributed by atoms with van der Waals surface area (Å²) in [7, 11) is 2.13. The third kappa shape index (κ3) is 2.53. The van der Waals surface area contributed by atoms with Crippen LogP contribution in [0.15, 0.2) is 36.5 Å². The van der Waals surface area contributed by atoms with Gasteiger partial charge in [0.1, 0.15) is 0 Å². The van der Waals surface area contributed by atoms with Crippen LogP contribution < -0.4 is 0 Å². The molecule has 3 rings (SSSR count). The van der Waals surface area contributed by atoms with Crippen molar-refractivity contribution in [2.75, 3.05) is 6.54 Å². The van der Waals surface area contributed by atoms with Gasteiger partial charge in [-0.05, 0) is 41.2 Å². The van der Waals surface area contributed by atoms with Gasteiger partial charge >= 0.3 is 0 Å². The summed E-state index contributed by atoms with van der Waals surface area (Å²) in [5.41, 5.74) is 6.07. The minimum atomic E-state index is 0.629. The molecule has 1 aliphatic rings. The van der Waals surface area contributed by atoms with Crippen molar-refractivity contribution < 1.29 is 0 Å². The third-order valence-corrected chi connectivity index (χ3v) is 4.44. The van der Waals surface area contributed by atoms with E-state index in [0.29, 0.717) is 5.92 Å². The average molecular weight is 268 g/mol. The van der Waals surface area contributed by atoms with Crippen molar-refractivity contribution in [3.8, 4) is 0 Å². The maximum Gasteiger partial charge on any atom is 0.0390 e. The molecule has 0 saturated heterocycles. The van der Waals surface area contributed by atoms with Crippen molar-refractivity contribution in [1.29, 1.82) is 0 Å². The molecule has 0 aliphatic carbocycles. The van der Waals surface area contributed by atoms with Gasteiger partial charge < -0.3 is 4.57 Å². The van der Waals surface area contributed by atoms with Crippen molar-refractivity contribution in [1.82, 2.24) is 9.47 Å². The first-order chi connectivity index (χ1) is 9.65. The van der Waals surface area contributed by atoms with E-state index in [-0.39, 0.29) is 0 Å². The molecular weight excluding hydrogens is 244 g/mol. The van der Waals surface area contributed by atoms with E-state index in [1.165, 1.54) is 24.2 Å². The standard InChI is InChI=1S/C18H24N2/c1-14(2)17-8-4-6-15-12-20(11-9-18(15)17)13-16-7-5-10-19(16)3/h4-8,10,14H,9,11-13H2,1-3H3. The number of aryl methyl sites for hydroxylation is 1. The molecule has 2 heterocycles. The van der Waals surface area contributed by atoms with E-state index in [1.54, 1.807) is 11.1 Å². The van der Waals surface area contributed by atoms with Crippen molar-refractivity contribution in [2.24, 2.45) is 7.05 Å². The predicted molar refractivity (Wildman–Crippen MR) is 83.8 cm³/mol. The summed E-state index contributed by atoms with van der Waals surface area (Å²) in [4.78, 5) is 2.56. The van der Waals surface area contributed by atoms with E-state index in [2.05, 4.69) is 66.9 Å². The zero-order valence-electron chi connectivity index (χ0n) is 12.8. The van der Waals surface area contributed by atoms with E-state index < -0.39 is 0 Å². The van der Waals surface area contributed by atoms with Crippen LogP contribution in [0.4, 0.5) is 0 Å². The lowest BCUT2D eigenvalue weighted by Crippen LogP contribution is -2.31. The number of hydrogen-bond acceptors (Lipinski definition) is 1. The Hall–Kier alpha value is -1.54. The van der Waals surface area contributed by atoms with Crippen LogP contribution in [-0.4, -0.2) is 16.0 Å². The number of nitrogens with zero attached hydrogens (tertiary/aromatic N) is 2. The largest absolute Gasteiger partial charge is 0.353 e. The molecule has 0 amide bonds. The number of benzene rings is 1. The maximum atomic E-state index is 2.56. The topological polar surface area (TPSA) is 8.17 Å². The highest BCUT2D eigenvalue weighted by Crippen LogP contribution is 2.28. The van der Waals surface area contributed by atoms with Gasteiger partial charge in [0.25, 0.3) is 0 Å². The molecule has 2 nitrogen and oxygen atoms in total. The number of hydrogen-bond donors (Lipinski definition) is 0. The van der Waals surface area contributed by atoms with Crippen molar-refractivity contribution >= 4 is 0 Å². The minimum Gasteiger partial charge on any atom is -0.353 e. The predicted octanol–water partition coefficient (Wildman–Crippen LogP) is 3.71. The van der Waals surface area contributed by atoms with Crippen LogP contribution in [-0.2, 0) is 26.6 Å². The van der Waals surface area contributed by atoms with E-state index >= 15 is 0 Å². The second-order valence-corrected chi connectivity index (χ2v) is 6.21. The molecule has 1 aromatic heterocycles. The second-order valence-electron chi connectivity index (χ2n) is 6.21. The van der Waals surface area contributed by atoms with Gasteiger partial charge in [0.2, 0.25) is 0 Å². The number of aromatic nitrogens is 1. The Bertz CT molecular complexity index is 595. The molecule has 106 valence electrons. The minimum absolute atomic E-state index is 0.629. The highest BCUT2D eigenvalue weighted by atomic mass is 15.1. The monoisotopic (exact) mass is 268 g/mol. The summed E-state index contributed by atoms with van der Waals surface area (Å²) in [5.74, 6) is 0.629. The Morgan fingerprint density at radius 3 is 2.70 bits per heavy atom. The highest BCUT2D eigenvalue weighted by Gasteiger charge is 2.20. The van der Waals surface area contributed by atoms with E-state index in [1.807, 2.05) is 0 Å². The van der Waals surface area contributed by atoms with Crippen LogP contribution in [0.5, 0.6) is 0 Å². The van der Waals surface area contributed by atoms with Gasteiger partial charge in [-0.25, -0.2) is 0 Å². The summed E-state index contributed by atoms with van der Waals surface area (Å²) in [6, 6.07) is 11.2. The van der Waals surface area contributed by atoms with Gasteiger partial charge in [-0.2, -0.15) is 0 Å². The first-order valence-corrected chi connectivity index (χ1v) is 7.58. The molecule has 2 heteroatoms. The van der Waals surface area contributed by atoms with Gasteiger partial charge in [0, 0.05) is 38.6 Å². The Kier molecular flexibility index (Phi) is 3.66.